The minimum atomic E-state index is 0.629. The number of rotatable bonds is 3. The van der Waals surface area contributed by atoms with E-state index in [0.717, 1.165) is 21.8 Å². The van der Waals surface area contributed by atoms with Gasteiger partial charge >= 0.3 is 0 Å². The monoisotopic (exact) mass is 266 g/mol. The standard InChI is InChI=1S/C13H12Cl2N2/c1-9-3-2-4-12(13(9)15)17-7-10-5-6-16-8-11(10)14/h2-6,8,17H,7H2,1H3. The molecule has 0 radical (unpaired) electrons. The van der Waals surface area contributed by atoms with Crippen LogP contribution in [0.4, 0.5) is 5.69 Å². The Morgan fingerprint density at radius 3 is 2.82 bits per heavy atom. The number of anilines is 1. The molecule has 2 nitrogen and oxygen atoms in total. The lowest BCUT2D eigenvalue weighted by Crippen LogP contribution is -2.01. The zero-order valence-electron chi connectivity index (χ0n) is 9.37. The lowest BCUT2D eigenvalue weighted by Gasteiger charge is -2.10. The number of benzene rings is 1. The third-order valence-corrected chi connectivity index (χ3v) is 3.36. The van der Waals surface area contributed by atoms with Crippen LogP contribution < -0.4 is 5.32 Å². The highest BCUT2D eigenvalue weighted by molar-refractivity contribution is 6.34. The second-order valence-corrected chi connectivity index (χ2v) is 4.54. The Morgan fingerprint density at radius 1 is 1.24 bits per heavy atom. The van der Waals surface area contributed by atoms with Gasteiger partial charge in [-0.15, -0.1) is 0 Å². The number of aromatic nitrogens is 1. The molecule has 0 bridgehead atoms. The van der Waals surface area contributed by atoms with Crippen LogP contribution in [0.2, 0.25) is 10.0 Å². The molecule has 0 atom stereocenters. The number of aryl methyl sites for hydroxylation is 1. The fourth-order valence-electron chi connectivity index (χ4n) is 1.52. The van der Waals surface area contributed by atoms with E-state index >= 15 is 0 Å². The average Bonchev–Trinajstić information content (AvgIpc) is 2.33. The topological polar surface area (TPSA) is 24.9 Å². The lowest BCUT2D eigenvalue weighted by molar-refractivity contribution is 1.13. The molecule has 0 unspecified atom stereocenters. The second kappa shape index (κ2) is 5.39. The van der Waals surface area contributed by atoms with Crippen molar-refractivity contribution in [3.8, 4) is 0 Å². The quantitative estimate of drug-likeness (QED) is 0.896. The summed E-state index contributed by atoms with van der Waals surface area (Å²) in [5, 5.41) is 4.67. The van der Waals surface area contributed by atoms with Crippen molar-refractivity contribution in [2.75, 3.05) is 5.32 Å². The van der Waals surface area contributed by atoms with Crippen LogP contribution in [0, 0.1) is 6.92 Å². The Labute approximate surface area is 111 Å². The van der Waals surface area contributed by atoms with E-state index < -0.39 is 0 Å². The van der Waals surface area contributed by atoms with Gasteiger partial charge in [0.25, 0.3) is 0 Å². The molecule has 1 N–H and O–H groups in total. The number of pyridine rings is 1. The molecule has 1 aromatic carbocycles. The molecule has 0 aliphatic rings. The highest BCUT2D eigenvalue weighted by atomic mass is 35.5. The van der Waals surface area contributed by atoms with Crippen molar-refractivity contribution in [1.29, 1.82) is 0 Å². The van der Waals surface area contributed by atoms with Crippen LogP contribution in [0.1, 0.15) is 11.1 Å². The van der Waals surface area contributed by atoms with E-state index in [2.05, 4.69) is 10.3 Å². The Balaban J connectivity index is 2.13. The first-order valence-electron chi connectivity index (χ1n) is 5.26. The summed E-state index contributed by atoms with van der Waals surface area (Å²) in [6, 6.07) is 7.79. The summed E-state index contributed by atoms with van der Waals surface area (Å²) >= 11 is 12.2. The van der Waals surface area contributed by atoms with Crippen molar-refractivity contribution in [3.05, 3.63) is 57.8 Å². The van der Waals surface area contributed by atoms with Gasteiger partial charge in [0.1, 0.15) is 0 Å². The second-order valence-electron chi connectivity index (χ2n) is 3.76. The van der Waals surface area contributed by atoms with Gasteiger partial charge in [0.15, 0.2) is 0 Å². The highest BCUT2D eigenvalue weighted by Crippen LogP contribution is 2.26. The largest absolute Gasteiger partial charge is 0.380 e. The highest BCUT2D eigenvalue weighted by Gasteiger charge is 2.03. The van der Waals surface area contributed by atoms with Crippen LogP contribution in [-0.4, -0.2) is 4.98 Å². The Hall–Kier alpha value is -1.25. The van der Waals surface area contributed by atoms with Crippen LogP contribution in [0.5, 0.6) is 0 Å². The van der Waals surface area contributed by atoms with Gasteiger partial charge in [-0.2, -0.15) is 0 Å². The van der Waals surface area contributed by atoms with E-state index in [1.54, 1.807) is 12.4 Å². The number of hydrogen-bond acceptors (Lipinski definition) is 2. The molecule has 0 saturated heterocycles. The van der Waals surface area contributed by atoms with E-state index in [1.165, 1.54) is 0 Å². The molecule has 88 valence electrons. The maximum absolute atomic E-state index is 6.19. The molecule has 0 saturated carbocycles. The Morgan fingerprint density at radius 2 is 2.06 bits per heavy atom. The fourth-order valence-corrected chi connectivity index (χ4v) is 1.90. The fraction of sp³-hybridized carbons (Fsp3) is 0.154. The van der Waals surface area contributed by atoms with Crippen LogP contribution >= 0.6 is 23.2 Å². The van der Waals surface area contributed by atoms with Gasteiger partial charge in [-0.1, -0.05) is 35.3 Å². The van der Waals surface area contributed by atoms with Crippen molar-refractivity contribution < 1.29 is 0 Å². The smallest absolute Gasteiger partial charge is 0.0666 e. The van der Waals surface area contributed by atoms with E-state index in [-0.39, 0.29) is 0 Å². The maximum Gasteiger partial charge on any atom is 0.0666 e. The molecule has 0 aliphatic heterocycles. The zero-order valence-corrected chi connectivity index (χ0v) is 10.9. The summed E-state index contributed by atoms with van der Waals surface area (Å²) < 4.78 is 0. The Bertz CT molecular complexity index is 527. The van der Waals surface area contributed by atoms with E-state index in [1.807, 2.05) is 31.2 Å². The summed E-state index contributed by atoms with van der Waals surface area (Å²) in [5.41, 5.74) is 2.97. The van der Waals surface area contributed by atoms with Gasteiger partial charge in [0.2, 0.25) is 0 Å². The molecular weight excluding hydrogens is 255 g/mol. The number of hydrogen-bond donors (Lipinski definition) is 1. The number of nitrogens with one attached hydrogen (secondary N) is 1. The normalized spacial score (nSPS) is 10.3. The van der Waals surface area contributed by atoms with Gasteiger partial charge < -0.3 is 5.32 Å². The van der Waals surface area contributed by atoms with Crippen molar-refractivity contribution in [1.82, 2.24) is 4.98 Å². The summed E-state index contributed by atoms with van der Waals surface area (Å²) in [6.07, 6.45) is 3.36. The predicted molar refractivity (Wildman–Crippen MR) is 72.8 cm³/mol. The van der Waals surface area contributed by atoms with E-state index in [9.17, 15) is 0 Å². The molecule has 0 aliphatic carbocycles. The van der Waals surface area contributed by atoms with Gasteiger partial charge in [-0.05, 0) is 30.2 Å². The van der Waals surface area contributed by atoms with Crippen LogP contribution in [-0.2, 0) is 6.54 Å². The first-order valence-corrected chi connectivity index (χ1v) is 6.01. The van der Waals surface area contributed by atoms with Gasteiger partial charge in [-0.25, -0.2) is 0 Å². The van der Waals surface area contributed by atoms with Crippen LogP contribution in [0.3, 0.4) is 0 Å². The number of halogens is 2. The van der Waals surface area contributed by atoms with Crippen molar-refractivity contribution in [3.63, 3.8) is 0 Å². The molecule has 2 aromatic rings. The average molecular weight is 267 g/mol. The molecular formula is C13H12Cl2N2. The van der Waals surface area contributed by atoms with Crippen molar-refractivity contribution in [2.45, 2.75) is 13.5 Å². The molecule has 0 amide bonds. The number of nitrogens with zero attached hydrogens (tertiary/aromatic N) is 1. The van der Waals surface area contributed by atoms with Crippen LogP contribution in [0.25, 0.3) is 0 Å². The van der Waals surface area contributed by atoms with E-state index in [0.29, 0.717) is 11.6 Å². The first-order chi connectivity index (χ1) is 8.18. The molecule has 1 aromatic heterocycles. The minimum absolute atomic E-state index is 0.629. The molecule has 0 spiro atoms. The van der Waals surface area contributed by atoms with Gasteiger partial charge in [0, 0.05) is 18.9 Å². The van der Waals surface area contributed by atoms with Crippen molar-refractivity contribution >= 4 is 28.9 Å². The molecule has 2 rings (SSSR count). The predicted octanol–water partition coefficient (Wildman–Crippen LogP) is 4.31. The van der Waals surface area contributed by atoms with Gasteiger partial charge in [0.05, 0.1) is 15.7 Å². The lowest BCUT2D eigenvalue weighted by atomic mass is 10.2. The van der Waals surface area contributed by atoms with Gasteiger partial charge in [-0.3, -0.25) is 4.98 Å². The summed E-state index contributed by atoms with van der Waals surface area (Å²) in [5.74, 6) is 0. The summed E-state index contributed by atoms with van der Waals surface area (Å²) in [6.45, 7) is 2.61. The first kappa shape index (κ1) is 12.2. The third-order valence-electron chi connectivity index (χ3n) is 2.52. The molecule has 1 heterocycles. The summed E-state index contributed by atoms with van der Waals surface area (Å²) in [7, 11) is 0. The summed E-state index contributed by atoms with van der Waals surface area (Å²) in [4.78, 5) is 3.95. The van der Waals surface area contributed by atoms with Crippen molar-refractivity contribution in [2.24, 2.45) is 0 Å². The third kappa shape index (κ3) is 2.90. The molecule has 4 heteroatoms. The zero-order chi connectivity index (χ0) is 12.3. The SMILES string of the molecule is Cc1cccc(NCc2ccncc2Cl)c1Cl. The van der Waals surface area contributed by atoms with Crippen LogP contribution in [0.15, 0.2) is 36.7 Å². The maximum atomic E-state index is 6.19. The Kier molecular flexibility index (Phi) is 3.87. The molecule has 0 fully saturated rings. The minimum Gasteiger partial charge on any atom is -0.380 e. The van der Waals surface area contributed by atoms with E-state index in [4.69, 9.17) is 23.2 Å². The molecule has 17 heavy (non-hydrogen) atoms.